The first-order valence-corrected chi connectivity index (χ1v) is 130. The fourth-order valence-corrected chi connectivity index (χ4v) is 918. The van der Waals surface area contributed by atoms with Crippen molar-refractivity contribution in [3.8, 4) is 0 Å². The second kappa shape index (κ2) is 49.9. The molecule has 0 rings (SSSR count). The van der Waals surface area contributed by atoms with Crippen LogP contribution in [-0.4, -0.2) is 0 Å². The van der Waals surface area contributed by atoms with Crippen LogP contribution in [0.3, 0.4) is 0 Å². The zero-order chi connectivity index (χ0) is 50.9. The summed E-state index contributed by atoms with van der Waals surface area (Å²) >= 11 is 0. The molecule has 0 saturated heterocycles. The summed E-state index contributed by atoms with van der Waals surface area (Å²) in [5.41, 5.74) is 0. The smallest absolute Gasteiger partial charge is 0.0000101 e. The van der Waals surface area contributed by atoms with Crippen LogP contribution in [0, 0.1) is 0 Å². The molecule has 0 aliphatic heterocycles. The molecule has 0 aromatic heterocycles. The second-order valence-corrected chi connectivity index (χ2v) is 272. The average molecular weight is 2050 g/mol. The van der Waals surface area contributed by atoms with Gasteiger partial charge < -0.3 is 0 Å². The van der Waals surface area contributed by atoms with Crippen molar-refractivity contribution in [3.05, 3.63) is 0 Å². The van der Waals surface area contributed by atoms with Gasteiger partial charge in [-0.3, -0.25) is 0 Å². The van der Waals surface area contributed by atoms with Crippen molar-refractivity contribution in [3.63, 3.8) is 0 Å². The summed E-state index contributed by atoms with van der Waals surface area (Å²) in [7, 11) is 120. The van der Waals surface area contributed by atoms with E-state index in [1.807, 2.05) is 0 Å². The molecule has 2 radical (unpaired) electrons. The van der Waals surface area contributed by atoms with Gasteiger partial charge in [-0.05, 0) is 217 Å². The molecule has 0 N–H and O–H groups in total. The van der Waals surface area contributed by atoms with E-state index in [4.69, 9.17) is 0 Å². The minimum atomic E-state index is -0.447. The number of rotatable bonds is 30. The van der Waals surface area contributed by atoms with E-state index in [-0.39, 0.29) is 210 Å². The highest BCUT2D eigenvalue weighted by molar-refractivity contribution is 9.55. The quantitative estimate of drug-likeness (QED) is 0.0629. The predicted octanol–water partition coefficient (Wildman–Crippen LogP) is 38.0. The SMILES string of the molecule is [PH]P([PH])P(P)P(P(P)P)P(P(P(P)P)P(P)P)P(P(P(P(P)P)P(P)P)P(P(P)P)P(P)P)P(P(P(P(P)P)P(P)P)P(P(P)P)P(P)P)P(P(P(P)P)P(P)P)P(P(P)P)P(P)P. The van der Waals surface area contributed by atoms with Gasteiger partial charge in [0.1, 0.15) is 0 Å². The molecule has 0 aliphatic rings. The summed E-state index contributed by atoms with van der Waals surface area (Å²) in [6, 6.07) is 0. The molecule has 0 aromatic rings. The van der Waals surface area contributed by atoms with Gasteiger partial charge >= 0.3 is 0 Å². The highest BCUT2D eigenvalue weighted by Gasteiger charge is 2.62. The van der Waals surface area contributed by atoms with Gasteiger partial charge in [0.05, 0.1) is 0 Å². The van der Waals surface area contributed by atoms with Gasteiger partial charge in [0, 0.05) is 0 Å². The van der Waals surface area contributed by atoms with Crippen LogP contribution in [0.5, 0.6) is 0 Å². The van der Waals surface area contributed by atoms with E-state index in [0.29, 0.717) is 0 Å². The van der Waals surface area contributed by atoms with E-state index in [0.717, 1.165) is 0 Å². The van der Waals surface area contributed by atoms with E-state index in [9.17, 15) is 0 Å². The first-order chi connectivity index (χ1) is 29.1. The molecule has 0 amide bonds. The summed E-state index contributed by atoms with van der Waals surface area (Å²) in [6.45, 7) is -8.74. The monoisotopic (exact) mass is 2050 g/mol. The van der Waals surface area contributed by atoms with E-state index in [2.05, 4.69) is 295 Å². The van der Waals surface area contributed by atoms with Gasteiger partial charge in [0.25, 0.3) is 0 Å². The van der Waals surface area contributed by atoms with Crippen molar-refractivity contribution in [2.24, 2.45) is 0 Å². The van der Waals surface area contributed by atoms with Crippen LogP contribution in [0.1, 0.15) is 0 Å². The predicted molar refractivity (Wildman–Crippen MR) is 532 cm³/mol. The van der Waals surface area contributed by atoms with Crippen molar-refractivity contribution in [2.75, 3.05) is 0 Å². The van der Waals surface area contributed by atoms with Crippen molar-refractivity contribution >= 4 is 511 Å². The van der Waals surface area contributed by atoms with Crippen LogP contribution in [0.15, 0.2) is 0 Å². The van der Waals surface area contributed by atoms with E-state index >= 15 is 0 Å². The van der Waals surface area contributed by atoms with Crippen molar-refractivity contribution in [1.82, 2.24) is 0 Å². The Morgan fingerprint density at radius 1 is 0.141 bits per heavy atom. The molecule has 35 atom stereocenters. The summed E-state index contributed by atoms with van der Waals surface area (Å²) in [6.07, 6.45) is 0. The highest BCUT2D eigenvalue weighted by Crippen LogP contribution is 3.49. The van der Waals surface area contributed by atoms with E-state index in [1.54, 1.807) is 0 Å². The molecule has 0 saturated carbocycles. The fourth-order valence-electron chi connectivity index (χ4n) is 3.78. The molecule has 0 spiro atoms. The molecule has 0 aromatic carbocycles. The number of hydrogen-bond acceptors (Lipinski definition) is 0. The Balaban J connectivity index is 11.1. The summed E-state index contributed by atoms with van der Waals surface area (Å²) in [5, 5.41) is 0. The molecule has 64 heavy (non-hydrogen) atoms. The minimum Gasteiger partial charge on any atom is -0.102 e. The molecule has 384 valence electrons. The lowest BCUT2D eigenvalue weighted by molar-refractivity contribution is 4.33. The van der Waals surface area contributed by atoms with Crippen LogP contribution in [0.25, 0.3) is 0 Å². The van der Waals surface area contributed by atoms with Crippen LogP contribution in [0.4, 0.5) is 0 Å². The maximum absolute atomic E-state index is 4.46. The lowest BCUT2D eigenvalue weighted by atomic mass is 28.4. The third kappa shape index (κ3) is 32.2. The van der Waals surface area contributed by atoms with E-state index < -0.39 is 6.99 Å². The molecule has 0 fully saturated rings. The Kier molecular flexibility index (Phi) is 71.4. The standard InChI is InChI=1S/H64P64/c1-34(2)50(33)58(49(31)32)62(57(47(27)28)48(29)30)64(61(55(43(19)20)44(21)22)56(45(23)24)46(25)26)63(59(51(35(3)4)36(5)6)52(37(7)8)38(9)10)60(53(39(11)12)40(13)14)54(41(15)16)42(17)18/h1-2H,3-33H2. The Morgan fingerprint density at radius 2 is 0.234 bits per heavy atom. The third-order valence-corrected chi connectivity index (χ3v) is 451. The van der Waals surface area contributed by atoms with Crippen LogP contribution >= 0.6 is 511 Å². The Bertz CT molecular complexity index is 1020. The van der Waals surface area contributed by atoms with Gasteiger partial charge in [0.2, 0.25) is 0 Å². The van der Waals surface area contributed by atoms with E-state index in [1.165, 1.54) is 0 Å². The van der Waals surface area contributed by atoms with Gasteiger partial charge in [-0.2, -0.15) is 0 Å². The first-order valence-electron chi connectivity index (χ1n) is 14.5. The largest absolute Gasteiger partial charge is 0.102 e. The Morgan fingerprint density at radius 3 is 0.328 bits per heavy atom. The van der Waals surface area contributed by atoms with Crippen molar-refractivity contribution < 1.29 is 0 Å². The zero-order valence-electron chi connectivity index (χ0n) is 32.8. The number of hydrogen-bond donors (Lipinski definition) is 0. The van der Waals surface area contributed by atoms with Crippen molar-refractivity contribution in [1.29, 1.82) is 0 Å². The third-order valence-electron chi connectivity index (χ3n) is 5.57. The van der Waals surface area contributed by atoms with Gasteiger partial charge in [-0.15, -0.1) is 277 Å². The highest BCUT2D eigenvalue weighted by atomic mass is 33.6. The molecular weight excluding hydrogens is 1980 g/mol. The first kappa shape index (κ1) is 91.5. The molecule has 0 heterocycles. The molecule has 64 heteroatoms. The summed E-state index contributed by atoms with van der Waals surface area (Å²) < 4.78 is 0. The van der Waals surface area contributed by atoms with Crippen LogP contribution < -0.4 is 0 Å². The van der Waals surface area contributed by atoms with Gasteiger partial charge in [-0.25, -0.2) is 0 Å². The van der Waals surface area contributed by atoms with Gasteiger partial charge in [0.15, 0.2) is 0 Å². The maximum atomic E-state index is 4.46. The molecule has 0 aliphatic carbocycles. The maximum Gasteiger partial charge on any atom is -0.0000101 e. The minimum absolute atomic E-state index is 0.230. The Hall–Kier alpha value is 27.5. The van der Waals surface area contributed by atoms with Gasteiger partial charge in [-0.1, -0.05) is 17.9 Å². The molecular formula is H64P64. The fraction of sp³-hybridized carbons (Fsp3) is 0. The second-order valence-electron chi connectivity index (χ2n) is 10.1. The van der Waals surface area contributed by atoms with Crippen LogP contribution in [-0.2, 0) is 0 Å². The zero-order valence-corrected chi connectivity index (χ0v) is 98.3. The lowest BCUT2D eigenvalue weighted by Crippen LogP contribution is -1.73. The van der Waals surface area contributed by atoms with Crippen molar-refractivity contribution in [2.45, 2.75) is 0 Å². The summed E-state index contributed by atoms with van der Waals surface area (Å²) in [5.74, 6) is 0. The molecule has 35 unspecified atom stereocenters. The average Bonchev–Trinajstić information content (AvgIpc) is 3.07. The Labute approximate surface area is 503 Å². The molecule has 0 nitrogen and oxygen atoms in total. The van der Waals surface area contributed by atoms with Crippen LogP contribution in [0.2, 0.25) is 0 Å². The lowest BCUT2D eigenvalue weighted by Gasteiger charge is -2.61. The summed E-state index contributed by atoms with van der Waals surface area (Å²) in [4.78, 5) is 0. The normalized spacial score (nSPS) is 16.3. The topological polar surface area (TPSA) is 0 Å². The molecule has 0 bridgehead atoms.